The Labute approximate surface area is 108 Å². The van der Waals surface area contributed by atoms with Crippen LogP contribution in [-0.2, 0) is 19.1 Å². The fraction of sp³-hybridized carbons (Fsp3) is 0.818. The highest BCUT2D eigenvalue weighted by Gasteiger charge is 2.75. The van der Waals surface area contributed by atoms with E-state index in [4.69, 9.17) is 9.47 Å². The minimum atomic E-state index is -2.24. The molecule has 1 heterocycles. The first-order valence-electron chi connectivity index (χ1n) is 5.74. The lowest BCUT2D eigenvalue weighted by Crippen LogP contribution is -2.57. The van der Waals surface area contributed by atoms with Gasteiger partial charge in [-0.05, 0) is 13.8 Å². The molecule has 1 saturated carbocycles. The van der Waals surface area contributed by atoms with E-state index >= 15 is 0 Å². The number of ketones is 2. The molecule has 2 atom stereocenters. The fourth-order valence-corrected chi connectivity index (χ4v) is 2.66. The molecule has 0 aromatic heterocycles. The average Bonchev–Trinajstić information content (AvgIpc) is 2.72. The summed E-state index contributed by atoms with van der Waals surface area (Å²) in [5.41, 5.74) is -3.79. The van der Waals surface area contributed by atoms with E-state index < -0.39 is 54.0 Å². The first-order chi connectivity index (χ1) is 8.67. The molecule has 0 aromatic rings. The smallest absolute Gasteiger partial charge is 0.221 e. The van der Waals surface area contributed by atoms with Crippen LogP contribution in [0.3, 0.4) is 0 Å². The number of Topliss-reactive ketones (excluding diaryl/α,β-unsaturated/α-hetero) is 2. The Morgan fingerprint density at radius 1 is 1.00 bits per heavy atom. The van der Waals surface area contributed by atoms with Crippen LogP contribution < -0.4 is 0 Å². The van der Waals surface area contributed by atoms with E-state index in [1.165, 1.54) is 13.8 Å². The standard InChI is InChI=1S/C11H16O8/c1-9(2)11(19-10(3-12,4-13)18-9)7(16)5(14)6(15)8(11)17/h5-6,12-15H,3-4H2,1-2H3. The molecule has 0 aromatic carbocycles. The third kappa shape index (κ3) is 1.55. The molecule has 1 aliphatic carbocycles. The number of rotatable bonds is 2. The summed E-state index contributed by atoms with van der Waals surface area (Å²) in [5.74, 6) is -4.02. The second-order valence-electron chi connectivity index (χ2n) is 5.24. The van der Waals surface area contributed by atoms with Crippen molar-refractivity contribution in [2.45, 2.75) is 43.0 Å². The second kappa shape index (κ2) is 4.05. The summed E-state index contributed by atoms with van der Waals surface area (Å²) in [7, 11) is 0. The highest BCUT2D eigenvalue weighted by Crippen LogP contribution is 2.49. The zero-order chi connectivity index (χ0) is 14.6. The van der Waals surface area contributed by atoms with Gasteiger partial charge in [0.25, 0.3) is 0 Å². The molecule has 8 nitrogen and oxygen atoms in total. The van der Waals surface area contributed by atoms with Crippen LogP contribution in [-0.4, -0.2) is 74.4 Å². The molecule has 2 unspecified atom stereocenters. The lowest BCUT2D eigenvalue weighted by atomic mass is 9.82. The SMILES string of the molecule is CC1(C)OC(CO)(CO)OC12C(=O)C(O)C(O)C2=O. The van der Waals surface area contributed by atoms with Crippen molar-refractivity contribution in [3.8, 4) is 0 Å². The van der Waals surface area contributed by atoms with Crippen LogP contribution in [0.25, 0.3) is 0 Å². The lowest BCUT2D eigenvalue weighted by Gasteiger charge is -2.30. The third-order valence-electron chi connectivity index (χ3n) is 3.64. The minimum absolute atomic E-state index is 0.790. The van der Waals surface area contributed by atoms with Crippen LogP contribution in [0.1, 0.15) is 13.8 Å². The molecule has 0 bridgehead atoms. The van der Waals surface area contributed by atoms with Crippen molar-refractivity contribution in [3.63, 3.8) is 0 Å². The van der Waals surface area contributed by atoms with Gasteiger partial charge in [-0.25, -0.2) is 0 Å². The van der Waals surface area contributed by atoms with Crippen molar-refractivity contribution in [3.05, 3.63) is 0 Å². The van der Waals surface area contributed by atoms with Gasteiger partial charge in [0.2, 0.25) is 23.0 Å². The molecular weight excluding hydrogens is 260 g/mol. The monoisotopic (exact) mass is 276 g/mol. The highest BCUT2D eigenvalue weighted by molar-refractivity contribution is 6.22. The number of carbonyl (C=O) groups excluding carboxylic acids is 2. The van der Waals surface area contributed by atoms with E-state index in [2.05, 4.69) is 0 Å². The molecule has 2 aliphatic rings. The Kier molecular flexibility index (Phi) is 3.09. The maximum absolute atomic E-state index is 12.1. The number of carbonyl (C=O) groups is 2. The second-order valence-corrected chi connectivity index (χ2v) is 5.24. The lowest BCUT2D eigenvalue weighted by molar-refractivity contribution is -0.232. The Hall–Kier alpha value is -0.900. The predicted molar refractivity (Wildman–Crippen MR) is 57.9 cm³/mol. The van der Waals surface area contributed by atoms with E-state index in [0.717, 1.165) is 0 Å². The van der Waals surface area contributed by atoms with Crippen molar-refractivity contribution < 1.29 is 39.5 Å². The van der Waals surface area contributed by atoms with Gasteiger partial charge in [0.1, 0.15) is 17.8 Å². The first-order valence-corrected chi connectivity index (χ1v) is 5.74. The van der Waals surface area contributed by atoms with Gasteiger partial charge in [-0.3, -0.25) is 9.59 Å². The van der Waals surface area contributed by atoms with Gasteiger partial charge in [0.05, 0.1) is 13.2 Å². The van der Waals surface area contributed by atoms with Crippen molar-refractivity contribution in [1.29, 1.82) is 0 Å². The van der Waals surface area contributed by atoms with E-state index in [9.17, 15) is 30.0 Å². The van der Waals surface area contributed by atoms with E-state index in [-0.39, 0.29) is 0 Å². The summed E-state index contributed by atoms with van der Waals surface area (Å²) in [4.78, 5) is 24.2. The van der Waals surface area contributed by atoms with Gasteiger partial charge in [-0.15, -0.1) is 0 Å². The normalized spacial score (nSPS) is 40.3. The van der Waals surface area contributed by atoms with Crippen LogP contribution in [0.15, 0.2) is 0 Å². The van der Waals surface area contributed by atoms with Crippen LogP contribution in [0.5, 0.6) is 0 Å². The third-order valence-corrected chi connectivity index (χ3v) is 3.64. The molecule has 8 heteroatoms. The quantitative estimate of drug-likeness (QED) is 0.395. The number of aliphatic hydroxyl groups excluding tert-OH is 4. The number of aliphatic hydroxyl groups is 4. The van der Waals surface area contributed by atoms with E-state index in [0.29, 0.717) is 0 Å². The Morgan fingerprint density at radius 3 is 1.74 bits per heavy atom. The largest absolute Gasteiger partial charge is 0.391 e. The van der Waals surface area contributed by atoms with Crippen molar-refractivity contribution >= 4 is 11.6 Å². The zero-order valence-corrected chi connectivity index (χ0v) is 10.5. The fourth-order valence-electron chi connectivity index (χ4n) is 2.66. The predicted octanol–water partition coefficient (Wildman–Crippen LogP) is -2.89. The summed E-state index contributed by atoms with van der Waals surface area (Å²) in [6.45, 7) is 1.12. The molecule has 2 rings (SSSR count). The molecule has 4 N–H and O–H groups in total. The van der Waals surface area contributed by atoms with Gasteiger partial charge in [0.15, 0.2) is 0 Å². The van der Waals surface area contributed by atoms with Crippen LogP contribution in [0, 0.1) is 0 Å². The molecule has 108 valence electrons. The highest BCUT2D eigenvalue weighted by atomic mass is 16.8. The van der Waals surface area contributed by atoms with Crippen LogP contribution in [0.4, 0.5) is 0 Å². The molecule has 0 radical (unpaired) electrons. The first kappa shape index (κ1) is 14.5. The Morgan fingerprint density at radius 2 is 1.42 bits per heavy atom. The zero-order valence-electron chi connectivity index (χ0n) is 10.5. The number of hydrogen-bond donors (Lipinski definition) is 4. The molecule has 0 amide bonds. The van der Waals surface area contributed by atoms with Crippen LogP contribution >= 0.6 is 0 Å². The minimum Gasteiger partial charge on any atom is -0.391 e. The van der Waals surface area contributed by atoms with Gasteiger partial charge < -0.3 is 29.9 Å². The summed E-state index contributed by atoms with van der Waals surface area (Å²) < 4.78 is 10.6. The molecule has 1 spiro atoms. The molecular formula is C11H16O8. The summed E-state index contributed by atoms with van der Waals surface area (Å²) in [6.07, 6.45) is -3.83. The van der Waals surface area contributed by atoms with Gasteiger partial charge in [-0.2, -0.15) is 0 Å². The number of ether oxygens (including phenoxy) is 2. The molecule has 19 heavy (non-hydrogen) atoms. The Balaban J connectivity index is 2.55. The van der Waals surface area contributed by atoms with Crippen molar-refractivity contribution in [1.82, 2.24) is 0 Å². The topological polar surface area (TPSA) is 134 Å². The average molecular weight is 276 g/mol. The summed E-state index contributed by atoms with van der Waals surface area (Å²) in [6, 6.07) is 0. The maximum Gasteiger partial charge on any atom is 0.221 e. The number of hydrogen-bond acceptors (Lipinski definition) is 8. The molecule has 1 aliphatic heterocycles. The Bertz CT molecular complexity index is 404. The van der Waals surface area contributed by atoms with E-state index in [1.54, 1.807) is 0 Å². The van der Waals surface area contributed by atoms with Crippen molar-refractivity contribution in [2.75, 3.05) is 13.2 Å². The summed E-state index contributed by atoms with van der Waals surface area (Å²) in [5, 5.41) is 37.5. The molecule has 2 fully saturated rings. The van der Waals surface area contributed by atoms with Gasteiger partial charge in [0, 0.05) is 0 Å². The molecule has 1 saturated heterocycles. The van der Waals surface area contributed by atoms with Gasteiger partial charge >= 0.3 is 0 Å². The van der Waals surface area contributed by atoms with Gasteiger partial charge in [-0.1, -0.05) is 0 Å². The van der Waals surface area contributed by atoms with E-state index in [1.807, 2.05) is 0 Å². The van der Waals surface area contributed by atoms with Crippen LogP contribution in [0.2, 0.25) is 0 Å². The summed E-state index contributed by atoms with van der Waals surface area (Å²) >= 11 is 0. The van der Waals surface area contributed by atoms with Crippen molar-refractivity contribution in [2.24, 2.45) is 0 Å². The maximum atomic E-state index is 12.1.